The van der Waals surface area contributed by atoms with E-state index in [0.29, 0.717) is 25.8 Å². The van der Waals surface area contributed by atoms with Crippen molar-refractivity contribution in [2.45, 2.75) is 50.2 Å². The Morgan fingerprint density at radius 3 is 2.32 bits per heavy atom. The Bertz CT molecular complexity index is 972. The van der Waals surface area contributed by atoms with Gasteiger partial charge in [-0.3, -0.25) is 19.2 Å². The lowest BCUT2D eigenvalue weighted by Gasteiger charge is -2.20. The molecule has 1 saturated heterocycles. The fourth-order valence-corrected chi connectivity index (χ4v) is 3.69. The highest BCUT2D eigenvalue weighted by Gasteiger charge is 2.34. The summed E-state index contributed by atoms with van der Waals surface area (Å²) in [6.07, 6.45) is 2.99. The van der Waals surface area contributed by atoms with Crippen LogP contribution in [0.1, 0.15) is 31.2 Å². The van der Waals surface area contributed by atoms with E-state index < -0.39 is 48.2 Å². The molecule has 3 amide bonds. The Kier molecular flexibility index (Phi) is 7.24. The number of hydrogen-bond donors (Lipinski definition) is 6. The molecular formula is C21H27N5O5. The van der Waals surface area contributed by atoms with Crippen LogP contribution < -0.4 is 21.7 Å². The summed E-state index contributed by atoms with van der Waals surface area (Å²) in [6.45, 7) is 0.452. The third kappa shape index (κ3) is 5.60. The van der Waals surface area contributed by atoms with Gasteiger partial charge in [0.2, 0.25) is 17.7 Å². The molecule has 0 unspecified atom stereocenters. The first kappa shape index (κ1) is 22.3. The van der Waals surface area contributed by atoms with Gasteiger partial charge < -0.3 is 31.8 Å². The summed E-state index contributed by atoms with van der Waals surface area (Å²) in [6, 6.07) is 4.45. The van der Waals surface area contributed by atoms with Gasteiger partial charge in [-0.1, -0.05) is 18.2 Å². The van der Waals surface area contributed by atoms with Gasteiger partial charge in [0, 0.05) is 23.5 Å². The number of carboxylic acid groups (broad SMARTS) is 1. The quantitative estimate of drug-likeness (QED) is 0.317. The number of fused-ring (bicyclic) bond motifs is 1. The molecule has 1 aliphatic rings. The van der Waals surface area contributed by atoms with Gasteiger partial charge in [0.15, 0.2) is 0 Å². The first-order valence-electron chi connectivity index (χ1n) is 10.3. The second-order valence-corrected chi connectivity index (χ2v) is 7.63. The van der Waals surface area contributed by atoms with E-state index in [9.17, 15) is 19.2 Å². The van der Waals surface area contributed by atoms with Crippen molar-refractivity contribution in [1.29, 1.82) is 0 Å². The summed E-state index contributed by atoms with van der Waals surface area (Å²) in [5, 5.41) is 17.9. The van der Waals surface area contributed by atoms with Gasteiger partial charge in [0.25, 0.3) is 0 Å². The third-order valence-corrected chi connectivity index (χ3v) is 5.32. The lowest BCUT2D eigenvalue weighted by Crippen LogP contribution is -2.52. The SMILES string of the molecule is NCCCC[C@H]1NC(=O)[C@@H](CC(=O)O)NC(=O)[C@@H](Cc2c[nH]c3ccccc23)NC1=O. The van der Waals surface area contributed by atoms with E-state index in [4.69, 9.17) is 10.8 Å². The van der Waals surface area contributed by atoms with Gasteiger partial charge in [0.05, 0.1) is 6.42 Å². The van der Waals surface area contributed by atoms with Crippen molar-refractivity contribution in [3.8, 4) is 0 Å². The molecule has 3 atom stereocenters. The van der Waals surface area contributed by atoms with Crippen molar-refractivity contribution in [3.05, 3.63) is 36.0 Å². The van der Waals surface area contributed by atoms with Gasteiger partial charge in [-0.05, 0) is 37.4 Å². The fourth-order valence-electron chi connectivity index (χ4n) is 3.69. The van der Waals surface area contributed by atoms with E-state index >= 15 is 0 Å². The largest absolute Gasteiger partial charge is 0.481 e. The number of aromatic amines is 1. The van der Waals surface area contributed by atoms with Crippen molar-refractivity contribution in [2.75, 3.05) is 6.54 Å². The fraction of sp³-hybridized carbons (Fsp3) is 0.429. The molecule has 1 aliphatic heterocycles. The zero-order valence-electron chi connectivity index (χ0n) is 17.0. The minimum atomic E-state index is -1.28. The van der Waals surface area contributed by atoms with Crippen LogP contribution in [0.2, 0.25) is 0 Å². The Morgan fingerprint density at radius 2 is 1.58 bits per heavy atom. The Hall–Kier alpha value is -3.40. The molecule has 2 aromatic rings. The lowest BCUT2D eigenvalue weighted by molar-refractivity contribution is -0.140. The molecule has 7 N–H and O–H groups in total. The number of unbranched alkanes of at least 4 members (excludes halogenated alkanes) is 1. The lowest BCUT2D eigenvalue weighted by atomic mass is 10.0. The van der Waals surface area contributed by atoms with Crippen LogP contribution in [0, 0.1) is 0 Å². The first-order chi connectivity index (χ1) is 14.9. The maximum Gasteiger partial charge on any atom is 0.305 e. The normalized spacial score (nSPS) is 22.1. The molecule has 2 heterocycles. The highest BCUT2D eigenvalue weighted by molar-refractivity contribution is 5.98. The van der Waals surface area contributed by atoms with Crippen LogP contribution >= 0.6 is 0 Å². The van der Waals surface area contributed by atoms with E-state index in [1.807, 2.05) is 24.3 Å². The van der Waals surface area contributed by atoms with Gasteiger partial charge in [0.1, 0.15) is 18.1 Å². The van der Waals surface area contributed by atoms with E-state index in [2.05, 4.69) is 20.9 Å². The number of hydrogen-bond acceptors (Lipinski definition) is 5. The van der Waals surface area contributed by atoms with Crippen molar-refractivity contribution >= 4 is 34.6 Å². The zero-order valence-corrected chi connectivity index (χ0v) is 17.0. The average Bonchev–Trinajstić information content (AvgIpc) is 3.15. The van der Waals surface area contributed by atoms with Crippen LogP contribution in [0.4, 0.5) is 0 Å². The Labute approximate surface area is 178 Å². The Morgan fingerprint density at radius 1 is 0.935 bits per heavy atom. The standard InChI is InChI=1S/C21H27N5O5/c22-8-4-3-7-15-19(29)25-16(9-12-11-23-14-6-2-1-5-13(12)14)20(30)26-17(10-18(27)28)21(31)24-15/h1-2,5-6,11,15-17,23H,3-4,7-10,22H2,(H,24,31)(H,25,29)(H,26,30)(H,27,28)/t15-,16-,17-/m1/s1. The summed E-state index contributed by atoms with van der Waals surface area (Å²) in [5.41, 5.74) is 7.23. The van der Waals surface area contributed by atoms with Crippen molar-refractivity contribution < 1.29 is 24.3 Å². The summed E-state index contributed by atoms with van der Waals surface area (Å²) < 4.78 is 0. The minimum Gasteiger partial charge on any atom is -0.481 e. The van der Waals surface area contributed by atoms with E-state index in [0.717, 1.165) is 16.5 Å². The molecule has 3 rings (SSSR count). The van der Waals surface area contributed by atoms with Crippen molar-refractivity contribution in [3.63, 3.8) is 0 Å². The summed E-state index contributed by atoms with van der Waals surface area (Å²) in [7, 11) is 0. The monoisotopic (exact) mass is 429 g/mol. The number of rotatable bonds is 8. The molecule has 10 heteroatoms. The summed E-state index contributed by atoms with van der Waals surface area (Å²) in [5.74, 6) is -3.02. The van der Waals surface area contributed by atoms with Gasteiger partial charge in [-0.2, -0.15) is 0 Å². The first-order valence-corrected chi connectivity index (χ1v) is 10.3. The molecule has 0 bridgehead atoms. The minimum absolute atomic E-state index is 0.186. The van der Waals surface area contributed by atoms with Crippen LogP contribution in [0.15, 0.2) is 30.5 Å². The second-order valence-electron chi connectivity index (χ2n) is 7.63. The topological polar surface area (TPSA) is 166 Å². The maximum absolute atomic E-state index is 12.9. The molecule has 1 fully saturated rings. The number of carboxylic acids is 1. The molecule has 1 aromatic carbocycles. The summed E-state index contributed by atoms with van der Waals surface area (Å²) in [4.78, 5) is 52.7. The number of aromatic nitrogens is 1. The molecule has 0 radical (unpaired) electrons. The molecule has 0 spiro atoms. The molecule has 1 aromatic heterocycles. The third-order valence-electron chi connectivity index (χ3n) is 5.32. The number of carbonyl (C=O) groups is 4. The van der Waals surface area contributed by atoms with Crippen LogP contribution in [0.25, 0.3) is 10.9 Å². The predicted molar refractivity (Wildman–Crippen MR) is 113 cm³/mol. The number of H-pyrrole nitrogens is 1. The number of aliphatic carboxylic acids is 1. The highest BCUT2D eigenvalue weighted by Crippen LogP contribution is 2.19. The zero-order chi connectivity index (χ0) is 22.4. The number of benzene rings is 1. The van der Waals surface area contributed by atoms with Crippen LogP contribution in [-0.4, -0.2) is 58.5 Å². The van der Waals surface area contributed by atoms with Gasteiger partial charge in [-0.25, -0.2) is 0 Å². The molecule has 166 valence electrons. The highest BCUT2D eigenvalue weighted by atomic mass is 16.4. The van der Waals surface area contributed by atoms with Crippen LogP contribution in [-0.2, 0) is 25.6 Å². The van der Waals surface area contributed by atoms with Crippen molar-refractivity contribution in [2.24, 2.45) is 5.73 Å². The van der Waals surface area contributed by atoms with Gasteiger partial charge >= 0.3 is 5.97 Å². The maximum atomic E-state index is 12.9. The second kappa shape index (κ2) is 10.1. The smallest absolute Gasteiger partial charge is 0.305 e. The molecule has 0 aliphatic carbocycles. The number of amides is 3. The molecule has 0 saturated carbocycles. The number of nitrogens with one attached hydrogen (secondary N) is 4. The average molecular weight is 429 g/mol. The van der Waals surface area contributed by atoms with E-state index in [1.165, 1.54) is 0 Å². The van der Waals surface area contributed by atoms with Crippen LogP contribution in [0.3, 0.4) is 0 Å². The number of carbonyl (C=O) groups excluding carboxylic acids is 3. The predicted octanol–water partition coefficient (Wildman–Crippen LogP) is -0.218. The Balaban J connectivity index is 1.87. The van der Waals surface area contributed by atoms with Crippen LogP contribution in [0.5, 0.6) is 0 Å². The van der Waals surface area contributed by atoms with Gasteiger partial charge in [-0.15, -0.1) is 0 Å². The number of para-hydroxylation sites is 1. The summed E-state index contributed by atoms with van der Waals surface area (Å²) >= 11 is 0. The van der Waals surface area contributed by atoms with Crippen molar-refractivity contribution in [1.82, 2.24) is 20.9 Å². The van der Waals surface area contributed by atoms with E-state index in [-0.39, 0.29) is 6.42 Å². The molecule has 10 nitrogen and oxygen atoms in total. The number of nitrogens with two attached hydrogens (primary N) is 1. The van der Waals surface area contributed by atoms with E-state index in [1.54, 1.807) is 6.20 Å². The molecular weight excluding hydrogens is 402 g/mol. The molecule has 31 heavy (non-hydrogen) atoms.